The van der Waals surface area contributed by atoms with Gasteiger partial charge in [-0.05, 0) is 0 Å². The van der Waals surface area contributed by atoms with Gasteiger partial charge in [0.25, 0.3) is 0 Å². The van der Waals surface area contributed by atoms with Crippen LogP contribution in [0.4, 0.5) is 0 Å². The van der Waals surface area contributed by atoms with E-state index >= 15 is 0 Å². The molecular formula is C12H20Y-2. The molecular weight excluding hydrogens is 233 g/mol. The molecule has 0 fully saturated rings. The summed E-state index contributed by atoms with van der Waals surface area (Å²) in [7, 11) is 0. The summed E-state index contributed by atoms with van der Waals surface area (Å²) in [6, 6.07) is 0. The Hall–Kier alpha value is 0.584. The molecule has 1 radical (unpaired) electrons. The Morgan fingerprint density at radius 3 is 0.923 bits per heavy atom. The zero-order valence-corrected chi connectivity index (χ0v) is 12.6. The second-order valence-corrected chi connectivity index (χ2v) is 5.33. The zero-order valence-electron chi connectivity index (χ0n) is 9.73. The maximum absolute atomic E-state index is 5.94. The molecule has 0 N–H and O–H groups in total. The largest absolute Gasteiger partial charge is 0.390 e. The van der Waals surface area contributed by atoms with E-state index in [0.717, 1.165) is 11.1 Å². The van der Waals surface area contributed by atoms with Crippen LogP contribution >= 0.6 is 0 Å². The van der Waals surface area contributed by atoms with Gasteiger partial charge in [-0.15, -0.1) is 10.8 Å². The molecule has 0 saturated heterocycles. The molecule has 0 aliphatic heterocycles. The van der Waals surface area contributed by atoms with Gasteiger partial charge in [-0.1, -0.05) is 41.5 Å². The molecule has 13 heavy (non-hydrogen) atoms. The predicted molar refractivity (Wildman–Crippen MR) is 54.5 cm³/mol. The third-order valence-corrected chi connectivity index (χ3v) is 1.91. The van der Waals surface area contributed by atoms with Gasteiger partial charge in [-0.2, -0.15) is 0 Å². The normalized spacial score (nSPS) is 11.8. The summed E-state index contributed by atoms with van der Waals surface area (Å²) < 4.78 is 0. The van der Waals surface area contributed by atoms with Crippen LogP contribution in [0, 0.1) is 24.0 Å². The first-order valence-corrected chi connectivity index (χ1v) is 4.33. The molecule has 0 unspecified atom stereocenters. The van der Waals surface area contributed by atoms with Gasteiger partial charge < -0.3 is 24.3 Å². The first-order valence-electron chi connectivity index (χ1n) is 4.33. The summed E-state index contributed by atoms with van der Waals surface area (Å²) in [4.78, 5) is 0. The van der Waals surface area contributed by atoms with Gasteiger partial charge in [0.15, 0.2) is 0 Å². The maximum atomic E-state index is 5.94. The predicted octanol–water partition coefficient (Wildman–Crippen LogP) is 3.79. The average Bonchev–Trinajstić information content (AvgIpc) is 1.80. The van der Waals surface area contributed by atoms with Crippen LogP contribution in [-0.2, 0) is 32.7 Å². The van der Waals surface area contributed by atoms with Crippen LogP contribution < -0.4 is 0 Å². The van der Waals surface area contributed by atoms with Crippen molar-refractivity contribution in [3.05, 3.63) is 24.3 Å². The Balaban J connectivity index is 0. The molecule has 0 heterocycles. The summed E-state index contributed by atoms with van der Waals surface area (Å²) in [6.45, 7) is 24.3. The van der Waals surface area contributed by atoms with Gasteiger partial charge in [0, 0.05) is 32.7 Å². The topological polar surface area (TPSA) is 0 Å². The molecule has 0 aliphatic rings. The first-order chi connectivity index (χ1) is 5.07. The monoisotopic (exact) mass is 253 g/mol. The Labute approximate surface area is 109 Å². The van der Waals surface area contributed by atoms with Gasteiger partial charge in [0.2, 0.25) is 0 Å². The quantitative estimate of drug-likeness (QED) is 0.492. The van der Waals surface area contributed by atoms with Crippen molar-refractivity contribution in [1.29, 1.82) is 0 Å². The molecule has 0 aromatic heterocycles. The molecule has 0 bridgehead atoms. The maximum Gasteiger partial charge on any atom is 0 e. The molecule has 0 amide bonds. The Kier molecular flexibility index (Phi) is 6.03. The molecule has 0 aromatic carbocycles. The fraction of sp³-hybridized carbons (Fsp3) is 0.667. The number of allylic oxidation sites excluding steroid dienone is 2. The number of rotatable bonds is 1. The smallest absolute Gasteiger partial charge is 0 e. The van der Waals surface area contributed by atoms with Crippen LogP contribution in [0.25, 0.3) is 0 Å². The van der Waals surface area contributed by atoms with E-state index in [2.05, 4.69) is 41.5 Å². The second kappa shape index (κ2) is 4.89. The SMILES string of the molecule is [CH-]=C(C(=[CH-])C(C)(C)C)C(C)(C)C.[Y]. The van der Waals surface area contributed by atoms with Crippen molar-refractivity contribution in [1.82, 2.24) is 0 Å². The molecule has 1 heteroatoms. The molecule has 0 aromatic rings. The fourth-order valence-corrected chi connectivity index (χ4v) is 0.808. The van der Waals surface area contributed by atoms with Crippen molar-refractivity contribution in [2.45, 2.75) is 41.5 Å². The molecule has 0 atom stereocenters. The van der Waals surface area contributed by atoms with Crippen LogP contribution in [-0.4, -0.2) is 0 Å². The summed E-state index contributed by atoms with van der Waals surface area (Å²) >= 11 is 0. The van der Waals surface area contributed by atoms with Crippen molar-refractivity contribution >= 4 is 0 Å². The Morgan fingerprint density at radius 2 is 0.846 bits per heavy atom. The van der Waals surface area contributed by atoms with Crippen molar-refractivity contribution in [2.24, 2.45) is 10.8 Å². The van der Waals surface area contributed by atoms with E-state index in [0.29, 0.717) is 0 Å². The number of hydrogen-bond donors (Lipinski definition) is 0. The summed E-state index contributed by atoms with van der Waals surface area (Å²) in [5, 5.41) is 0. The van der Waals surface area contributed by atoms with E-state index in [1.807, 2.05) is 0 Å². The van der Waals surface area contributed by atoms with Crippen molar-refractivity contribution in [3.63, 3.8) is 0 Å². The van der Waals surface area contributed by atoms with Crippen LogP contribution in [0.3, 0.4) is 0 Å². The van der Waals surface area contributed by atoms with E-state index in [4.69, 9.17) is 13.2 Å². The van der Waals surface area contributed by atoms with E-state index in [1.165, 1.54) is 0 Å². The average molecular weight is 253 g/mol. The van der Waals surface area contributed by atoms with E-state index in [-0.39, 0.29) is 43.5 Å². The summed E-state index contributed by atoms with van der Waals surface area (Å²) in [5.41, 5.74) is 1.54. The van der Waals surface area contributed by atoms with Gasteiger partial charge in [-0.3, -0.25) is 0 Å². The third-order valence-electron chi connectivity index (χ3n) is 1.91. The van der Waals surface area contributed by atoms with Crippen LogP contribution in [0.1, 0.15) is 41.5 Å². The van der Waals surface area contributed by atoms with Crippen molar-refractivity contribution < 1.29 is 32.7 Å². The minimum atomic E-state index is -0.0304. The summed E-state index contributed by atoms with van der Waals surface area (Å²) in [6.07, 6.45) is 0. The molecule has 0 aliphatic carbocycles. The number of hydrogen-bond acceptors (Lipinski definition) is 0. The first kappa shape index (κ1) is 16.0. The minimum absolute atomic E-state index is 0. The Morgan fingerprint density at radius 1 is 0.692 bits per heavy atom. The van der Waals surface area contributed by atoms with E-state index in [9.17, 15) is 0 Å². The third kappa shape index (κ3) is 5.13. The molecule has 0 nitrogen and oxygen atoms in total. The molecule has 0 spiro atoms. The van der Waals surface area contributed by atoms with Crippen molar-refractivity contribution in [3.8, 4) is 0 Å². The minimum Gasteiger partial charge on any atom is -0.390 e. The van der Waals surface area contributed by atoms with Crippen molar-refractivity contribution in [2.75, 3.05) is 0 Å². The molecule has 0 rings (SSSR count). The zero-order chi connectivity index (χ0) is 10.2. The van der Waals surface area contributed by atoms with E-state index < -0.39 is 0 Å². The van der Waals surface area contributed by atoms with E-state index in [1.54, 1.807) is 0 Å². The van der Waals surface area contributed by atoms with Gasteiger partial charge in [0.05, 0.1) is 0 Å². The van der Waals surface area contributed by atoms with Crippen LogP contribution in [0.5, 0.6) is 0 Å². The van der Waals surface area contributed by atoms with Gasteiger partial charge >= 0.3 is 0 Å². The van der Waals surface area contributed by atoms with Crippen LogP contribution in [0.15, 0.2) is 11.1 Å². The van der Waals surface area contributed by atoms with Crippen LogP contribution in [0.2, 0.25) is 0 Å². The molecule has 0 saturated carbocycles. The van der Waals surface area contributed by atoms with Gasteiger partial charge in [-0.25, -0.2) is 0 Å². The fourth-order valence-electron chi connectivity index (χ4n) is 0.808. The molecule has 73 valence electrons. The summed E-state index contributed by atoms with van der Waals surface area (Å²) in [5.74, 6) is 0. The standard InChI is InChI=1S/C12H20.Y/c1-9(11(3,4)5)10(2)12(6,7)8;/h1-2H,3-8H3;/q-2;. The van der Waals surface area contributed by atoms with Gasteiger partial charge in [0.1, 0.15) is 0 Å². The second-order valence-electron chi connectivity index (χ2n) is 5.33. The Bertz CT molecular complexity index is 174.